The summed E-state index contributed by atoms with van der Waals surface area (Å²) in [5.41, 5.74) is 0.488. The van der Waals surface area contributed by atoms with E-state index in [2.05, 4.69) is 17.3 Å². The number of aromatic nitrogens is 1. The third-order valence-corrected chi connectivity index (χ3v) is 5.23. The van der Waals surface area contributed by atoms with Gasteiger partial charge in [0.25, 0.3) is 0 Å². The standard InChI is InChI=1S/C14H22N2O2S2/c1-3-5-14(18)9-16(10-14)13(17)4-6-19-7-12-8-20-11(2)15-12/h8,18H,3-7,9-10H2,1-2H3. The normalized spacial score (nSPS) is 17.1. The average molecular weight is 314 g/mol. The summed E-state index contributed by atoms with van der Waals surface area (Å²) in [6.45, 7) is 5.08. The summed E-state index contributed by atoms with van der Waals surface area (Å²) in [4.78, 5) is 18.1. The topological polar surface area (TPSA) is 53.4 Å². The molecule has 1 aliphatic rings. The molecule has 20 heavy (non-hydrogen) atoms. The van der Waals surface area contributed by atoms with Crippen LogP contribution in [-0.2, 0) is 10.5 Å². The van der Waals surface area contributed by atoms with E-state index >= 15 is 0 Å². The highest BCUT2D eigenvalue weighted by Gasteiger charge is 2.42. The van der Waals surface area contributed by atoms with Crippen molar-refractivity contribution in [3.63, 3.8) is 0 Å². The molecule has 112 valence electrons. The zero-order valence-electron chi connectivity index (χ0n) is 12.1. The molecular formula is C14H22N2O2S2. The molecule has 0 spiro atoms. The Morgan fingerprint density at radius 2 is 2.35 bits per heavy atom. The van der Waals surface area contributed by atoms with E-state index in [0.717, 1.165) is 35.0 Å². The number of aliphatic hydroxyl groups is 1. The van der Waals surface area contributed by atoms with Crippen molar-refractivity contribution < 1.29 is 9.90 Å². The second kappa shape index (κ2) is 6.91. The molecule has 1 amide bonds. The fourth-order valence-corrected chi connectivity index (χ4v) is 3.97. The molecule has 1 saturated heterocycles. The number of nitrogens with zero attached hydrogens (tertiary/aromatic N) is 2. The number of hydrogen-bond donors (Lipinski definition) is 1. The predicted molar refractivity (Wildman–Crippen MR) is 84.1 cm³/mol. The van der Waals surface area contributed by atoms with E-state index in [0.29, 0.717) is 19.5 Å². The Balaban J connectivity index is 1.60. The summed E-state index contributed by atoms with van der Waals surface area (Å²) in [5, 5.41) is 13.2. The molecule has 0 aliphatic carbocycles. The molecule has 1 aromatic rings. The molecule has 6 heteroatoms. The van der Waals surface area contributed by atoms with Crippen LogP contribution in [0.4, 0.5) is 0 Å². The van der Waals surface area contributed by atoms with Crippen LogP contribution in [0, 0.1) is 6.92 Å². The van der Waals surface area contributed by atoms with Gasteiger partial charge in [0, 0.05) is 23.3 Å². The van der Waals surface area contributed by atoms with E-state index in [1.165, 1.54) is 0 Å². The van der Waals surface area contributed by atoms with Gasteiger partial charge in [-0.3, -0.25) is 4.79 Å². The maximum Gasteiger partial charge on any atom is 0.223 e. The second-order valence-corrected chi connectivity index (χ2v) is 7.55. The van der Waals surface area contributed by atoms with E-state index in [9.17, 15) is 9.90 Å². The first-order chi connectivity index (χ1) is 9.52. The van der Waals surface area contributed by atoms with Crippen LogP contribution < -0.4 is 0 Å². The molecule has 4 nitrogen and oxygen atoms in total. The first-order valence-corrected chi connectivity index (χ1v) is 9.05. The Morgan fingerprint density at radius 1 is 1.60 bits per heavy atom. The lowest BCUT2D eigenvalue weighted by Gasteiger charge is -2.46. The maximum atomic E-state index is 11.9. The summed E-state index contributed by atoms with van der Waals surface area (Å²) >= 11 is 3.41. The van der Waals surface area contributed by atoms with Gasteiger partial charge in [-0.2, -0.15) is 11.8 Å². The van der Waals surface area contributed by atoms with Crippen molar-refractivity contribution in [1.82, 2.24) is 9.88 Å². The van der Waals surface area contributed by atoms with Crippen LogP contribution in [0.25, 0.3) is 0 Å². The van der Waals surface area contributed by atoms with Gasteiger partial charge in [0.2, 0.25) is 5.91 Å². The monoisotopic (exact) mass is 314 g/mol. The van der Waals surface area contributed by atoms with Gasteiger partial charge in [0.05, 0.1) is 29.4 Å². The zero-order chi connectivity index (χ0) is 14.6. The first kappa shape index (κ1) is 15.8. The van der Waals surface area contributed by atoms with Crippen molar-refractivity contribution >= 4 is 29.0 Å². The summed E-state index contributed by atoms with van der Waals surface area (Å²) in [6, 6.07) is 0. The molecule has 1 N–H and O–H groups in total. The van der Waals surface area contributed by atoms with Crippen molar-refractivity contribution in [3.8, 4) is 0 Å². The summed E-state index contributed by atoms with van der Waals surface area (Å²) < 4.78 is 0. The van der Waals surface area contributed by atoms with Gasteiger partial charge in [-0.15, -0.1) is 11.3 Å². The van der Waals surface area contributed by atoms with Crippen LogP contribution in [0.15, 0.2) is 5.38 Å². The van der Waals surface area contributed by atoms with Crippen LogP contribution in [0.5, 0.6) is 0 Å². The van der Waals surface area contributed by atoms with E-state index < -0.39 is 5.60 Å². The van der Waals surface area contributed by atoms with Gasteiger partial charge in [-0.1, -0.05) is 13.3 Å². The maximum absolute atomic E-state index is 11.9. The number of carbonyl (C=O) groups is 1. The number of hydrogen-bond acceptors (Lipinski definition) is 5. The van der Waals surface area contributed by atoms with Crippen LogP contribution >= 0.6 is 23.1 Å². The third kappa shape index (κ3) is 4.20. The van der Waals surface area contributed by atoms with Crippen molar-refractivity contribution in [3.05, 3.63) is 16.1 Å². The molecule has 0 unspecified atom stereocenters. The van der Waals surface area contributed by atoms with Crippen molar-refractivity contribution in [1.29, 1.82) is 0 Å². The van der Waals surface area contributed by atoms with Crippen LogP contribution in [0.3, 0.4) is 0 Å². The van der Waals surface area contributed by atoms with Gasteiger partial charge < -0.3 is 10.0 Å². The lowest BCUT2D eigenvalue weighted by atomic mass is 9.89. The molecule has 1 aromatic heterocycles. The lowest BCUT2D eigenvalue weighted by molar-refractivity contribution is -0.156. The van der Waals surface area contributed by atoms with Crippen LogP contribution in [-0.4, -0.2) is 45.3 Å². The molecule has 0 atom stereocenters. The van der Waals surface area contributed by atoms with E-state index in [1.54, 1.807) is 28.0 Å². The Labute approximate surface area is 128 Å². The van der Waals surface area contributed by atoms with E-state index in [1.807, 2.05) is 6.92 Å². The molecule has 0 radical (unpaired) electrons. The number of amides is 1. The zero-order valence-corrected chi connectivity index (χ0v) is 13.7. The molecule has 0 bridgehead atoms. The molecule has 0 aromatic carbocycles. The summed E-state index contributed by atoms with van der Waals surface area (Å²) in [5.74, 6) is 1.85. The summed E-state index contributed by atoms with van der Waals surface area (Å²) in [7, 11) is 0. The first-order valence-electron chi connectivity index (χ1n) is 7.01. The van der Waals surface area contributed by atoms with Crippen molar-refractivity contribution in [2.45, 2.75) is 44.5 Å². The molecule has 1 aliphatic heterocycles. The minimum atomic E-state index is -0.615. The quantitative estimate of drug-likeness (QED) is 0.786. The number of β-amino-alcohol motifs (C(OH)–C–C–N with tert-alkyl or cyclic N) is 1. The fraction of sp³-hybridized carbons (Fsp3) is 0.714. The fourth-order valence-electron chi connectivity index (χ4n) is 2.43. The number of carbonyl (C=O) groups excluding carboxylic acids is 1. The number of likely N-dealkylation sites (tertiary alicyclic amines) is 1. The molecular weight excluding hydrogens is 292 g/mol. The largest absolute Gasteiger partial charge is 0.386 e. The van der Waals surface area contributed by atoms with Crippen LogP contribution in [0.1, 0.15) is 36.9 Å². The highest BCUT2D eigenvalue weighted by Crippen LogP contribution is 2.26. The predicted octanol–water partition coefficient (Wildman–Crippen LogP) is 2.45. The van der Waals surface area contributed by atoms with Gasteiger partial charge >= 0.3 is 0 Å². The molecule has 1 fully saturated rings. The Morgan fingerprint density at radius 3 is 2.95 bits per heavy atom. The van der Waals surface area contributed by atoms with Gasteiger partial charge in [-0.25, -0.2) is 4.98 Å². The molecule has 0 saturated carbocycles. The SMILES string of the molecule is CCCC1(O)CN(C(=O)CCSCc2csc(C)n2)C1. The highest BCUT2D eigenvalue weighted by molar-refractivity contribution is 7.98. The Bertz CT molecular complexity index is 456. The molecule has 2 heterocycles. The molecule has 2 rings (SSSR count). The van der Waals surface area contributed by atoms with Crippen molar-refractivity contribution in [2.24, 2.45) is 0 Å². The Kier molecular flexibility index (Phi) is 5.46. The number of aryl methyl sites for hydroxylation is 1. The minimum absolute atomic E-state index is 0.160. The van der Waals surface area contributed by atoms with E-state index in [4.69, 9.17) is 0 Å². The Hall–Kier alpha value is -0.590. The smallest absolute Gasteiger partial charge is 0.223 e. The minimum Gasteiger partial charge on any atom is -0.386 e. The third-order valence-electron chi connectivity index (χ3n) is 3.42. The summed E-state index contributed by atoms with van der Waals surface area (Å²) in [6.07, 6.45) is 2.30. The number of thiazole rings is 1. The van der Waals surface area contributed by atoms with Gasteiger partial charge in [0.1, 0.15) is 0 Å². The van der Waals surface area contributed by atoms with Crippen LogP contribution in [0.2, 0.25) is 0 Å². The number of rotatable bonds is 7. The van der Waals surface area contributed by atoms with Gasteiger partial charge in [-0.05, 0) is 13.3 Å². The highest BCUT2D eigenvalue weighted by atomic mass is 32.2. The number of thioether (sulfide) groups is 1. The van der Waals surface area contributed by atoms with Crippen molar-refractivity contribution in [2.75, 3.05) is 18.8 Å². The van der Waals surface area contributed by atoms with Gasteiger partial charge in [0.15, 0.2) is 0 Å². The average Bonchev–Trinajstić information content (AvgIpc) is 2.77. The second-order valence-electron chi connectivity index (χ2n) is 5.38. The van der Waals surface area contributed by atoms with E-state index in [-0.39, 0.29) is 5.91 Å². The lowest BCUT2D eigenvalue weighted by Crippen LogP contribution is -2.63.